The maximum Gasteiger partial charge on any atom is 3.00 e. The van der Waals surface area contributed by atoms with E-state index in [0.29, 0.717) is 0 Å². The fourth-order valence-electron chi connectivity index (χ4n) is 6.57. The first-order valence-corrected chi connectivity index (χ1v) is 9.83. The molecule has 0 saturated heterocycles. The third kappa shape index (κ3) is 3.06. The molecule has 0 amide bonds. The van der Waals surface area contributed by atoms with Crippen molar-refractivity contribution in [3.8, 4) is 11.1 Å². The fourth-order valence-corrected chi connectivity index (χ4v) is 6.57. The van der Waals surface area contributed by atoms with E-state index < -0.39 is 0 Å². The van der Waals surface area contributed by atoms with Gasteiger partial charge in [-0.15, -0.1) is 12.1 Å². The topological polar surface area (TPSA) is 14.1 Å². The van der Waals surface area contributed by atoms with Crippen LogP contribution in [-0.4, -0.2) is 5.54 Å². The van der Waals surface area contributed by atoms with Crippen molar-refractivity contribution in [2.45, 2.75) is 43.7 Å². The molecule has 2 aromatic carbocycles. The molecule has 0 aliphatic heterocycles. The summed E-state index contributed by atoms with van der Waals surface area (Å²) in [7, 11) is 0. The van der Waals surface area contributed by atoms with Crippen LogP contribution in [0.5, 0.6) is 0 Å². The molecule has 0 N–H and O–H groups in total. The van der Waals surface area contributed by atoms with E-state index in [1.807, 2.05) is 0 Å². The van der Waals surface area contributed by atoms with Gasteiger partial charge in [0.05, 0.1) is 0 Å². The Balaban J connectivity index is 0.000000750. The Morgan fingerprint density at radius 3 is 1.82 bits per heavy atom. The predicted octanol–water partition coefficient (Wildman–Crippen LogP) is 0.271. The summed E-state index contributed by atoms with van der Waals surface area (Å²) in [6.07, 6.45) is 6.70. The van der Waals surface area contributed by atoms with E-state index in [2.05, 4.69) is 55.1 Å². The Labute approximate surface area is 195 Å². The van der Waals surface area contributed by atoms with Gasteiger partial charge in [0.1, 0.15) is 0 Å². The summed E-state index contributed by atoms with van der Waals surface area (Å²) in [6.45, 7) is 4.59. The molecule has 2 atom stereocenters. The second-order valence-electron chi connectivity index (χ2n) is 8.81. The molecule has 7 rings (SSSR count). The summed E-state index contributed by atoms with van der Waals surface area (Å²) in [5, 5.41) is 5.63. The summed E-state index contributed by atoms with van der Waals surface area (Å²) in [5.41, 5.74) is 7.05. The Hall–Kier alpha value is -0.566. The molecule has 0 spiro atoms. The predicted molar refractivity (Wildman–Crippen MR) is 103 cm³/mol. The molecule has 1 nitrogen and oxygen atoms in total. The van der Waals surface area contributed by atoms with Gasteiger partial charge in [-0.2, -0.15) is 0 Å². The van der Waals surface area contributed by atoms with Crippen LogP contribution in [0, 0.1) is 17.8 Å². The van der Waals surface area contributed by atoms with E-state index in [1.165, 1.54) is 59.9 Å². The van der Waals surface area contributed by atoms with Crippen LogP contribution in [0.1, 0.15) is 49.3 Å². The molecule has 2 aromatic rings. The van der Waals surface area contributed by atoms with E-state index in [4.69, 9.17) is 5.32 Å². The molecule has 5 aliphatic rings. The van der Waals surface area contributed by atoms with Crippen LogP contribution in [0.2, 0.25) is 0 Å². The van der Waals surface area contributed by atoms with Crippen molar-refractivity contribution in [3.05, 3.63) is 77.1 Å². The number of hydrogen-bond donors (Lipinski definition) is 0. The Morgan fingerprint density at radius 2 is 1.29 bits per heavy atom. The van der Waals surface area contributed by atoms with Crippen molar-refractivity contribution in [2.75, 3.05) is 0 Å². The fraction of sp³-hybridized carbons (Fsp3) is 0.417. The number of halogens is 2. The van der Waals surface area contributed by atoms with Crippen molar-refractivity contribution < 1.29 is 46.5 Å². The summed E-state index contributed by atoms with van der Waals surface area (Å²) >= 11 is 0. The van der Waals surface area contributed by atoms with Crippen LogP contribution in [0.25, 0.3) is 16.4 Å². The molecule has 5 aliphatic carbocycles. The Kier molecular flexibility index (Phi) is 6.27. The van der Waals surface area contributed by atoms with Gasteiger partial charge in [0.2, 0.25) is 0 Å². The minimum atomic E-state index is 0. The third-order valence-electron chi connectivity index (χ3n) is 7.42. The summed E-state index contributed by atoms with van der Waals surface area (Å²) in [6, 6.07) is 17.9. The van der Waals surface area contributed by atoms with Gasteiger partial charge in [-0.05, 0) is 48.1 Å². The van der Waals surface area contributed by atoms with Crippen molar-refractivity contribution in [2.24, 2.45) is 17.8 Å². The zero-order chi connectivity index (χ0) is 16.6. The molecule has 0 heterocycles. The molecule has 0 aromatic heterocycles. The second-order valence-corrected chi connectivity index (χ2v) is 8.81. The zero-order valence-corrected chi connectivity index (χ0v) is 18.9. The smallest absolute Gasteiger partial charge is 1.00 e. The van der Waals surface area contributed by atoms with Gasteiger partial charge in [-0.25, -0.2) is 0 Å². The van der Waals surface area contributed by atoms with Gasteiger partial charge >= 0.3 is 21.7 Å². The van der Waals surface area contributed by atoms with Gasteiger partial charge < -0.3 is 30.1 Å². The van der Waals surface area contributed by atoms with Gasteiger partial charge in [0.25, 0.3) is 0 Å². The Bertz CT molecular complexity index is 836. The molecule has 2 unspecified atom stereocenters. The van der Waals surface area contributed by atoms with Gasteiger partial charge in [0, 0.05) is 0 Å². The van der Waals surface area contributed by atoms with Crippen LogP contribution in [0.15, 0.2) is 60.7 Å². The molecule has 4 bridgehead atoms. The van der Waals surface area contributed by atoms with Crippen LogP contribution in [0.4, 0.5) is 0 Å². The molecule has 4 heteroatoms. The number of fused-ring (bicyclic) bond motifs is 3. The molecule has 4 saturated carbocycles. The second kappa shape index (κ2) is 7.93. The maximum atomic E-state index is 5.63. The summed E-state index contributed by atoms with van der Waals surface area (Å²) in [4.78, 5) is 0. The third-order valence-corrected chi connectivity index (χ3v) is 7.42. The van der Waals surface area contributed by atoms with E-state index in [1.54, 1.807) is 0 Å². The maximum absolute atomic E-state index is 5.63. The standard InChI is InChI=1S/C24H24N.2ClH.Ti/c1-15-18-11-16-10-17(12-18)14-24(15,13-16)25-23-21-8-4-2-6-19(21)20-7-3-5-9-22(20)23;;;/h2-9,16-18,23H,1,10-14H2;2*1H;/q-1;;;+3/p-2. The normalized spacial score (nSPS) is 31.3. The van der Waals surface area contributed by atoms with Crippen molar-refractivity contribution in [1.29, 1.82) is 0 Å². The van der Waals surface area contributed by atoms with E-state index in [0.717, 1.165) is 17.8 Å². The van der Waals surface area contributed by atoms with Crippen LogP contribution in [0.3, 0.4) is 0 Å². The number of rotatable bonds is 2. The van der Waals surface area contributed by atoms with Crippen molar-refractivity contribution in [3.63, 3.8) is 0 Å². The SMILES string of the molecule is C=C1C2CC3CC(C2)CC1([N-]C1c2ccccc2-c2ccccc21)C3.[Cl-].[Cl-].[Ti+3]. The van der Waals surface area contributed by atoms with Crippen LogP contribution >= 0.6 is 0 Å². The number of nitrogens with zero attached hydrogens (tertiary/aromatic N) is 1. The monoisotopic (exact) mass is 444 g/mol. The van der Waals surface area contributed by atoms with E-state index in [-0.39, 0.29) is 58.1 Å². The largest absolute Gasteiger partial charge is 3.00 e. The first-order valence-electron chi connectivity index (χ1n) is 9.83. The zero-order valence-electron chi connectivity index (χ0n) is 15.9. The average Bonchev–Trinajstić information content (AvgIpc) is 2.93. The van der Waals surface area contributed by atoms with Gasteiger partial charge in [0.15, 0.2) is 0 Å². The molecule has 4 fully saturated rings. The summed E-state index contributed by atoms with van der Waals surface area (Å²) in [5.74, 6) is 2.51. The first kappa shape index (κ1) is 22.1. The molecule has 1 radical (unpaired) electrons. The van der Waals surface area contributed by atoms with Crippen molar-refractivity contribution >= 4 is 0 Å². The van der Waals surface area contributed by atoms with Gasteiger partial charge in [-0.3, -0.25) is 0 Å². The average molecular weight is 445 g/mol. The van der Waals surface area contributed by atoms with Crippen molar-refractivity contribution in [1.82, 2.24) is 0 Å². The van der Waals surface area contributed by atoms with Crippen LogP contribution < -0.4 is 24.8 Å². The Morgan fingerprint density at radius 1 is 0.786 bits per heavy atom. The molecular formula is C24H24Cl2NTi. The molecule has 28 heavy (non-hydrogen) atoms. The number of hydrogen-bond acceptors (Lipinski definition) is 0. The molecule has 143 valence electrons. The number of benzene rings is 2. The quantitative estimate of drug-likeness (QED) is 0.466. The van der Waals surface area contributed by atoms with E-state index in [9.17, 15) is 0 Å². The first-order chi connectivity index (χ1) is 12.2. The summed E-state index contributed by atoms with van der Waals surface area (Å²) < 4.78 is 0. The van der Waals surface area contributed by atoms with E-state index >= 15 is 0 Å². The molecular weight excluding hydrogens is 421 g/mol. The minimum absolute atomic E-state index is 0. The van der Waals surface area contributed by atoms with Gasteiger partial charge in [-0.1, -0.05) is 84.1 Å². The minimum Gasteiger partial charge on any atom is -1.00 e. The van der Waals surface area contributed by atoms with Crippen LogP contribution in [-0.2, 0) is 21.7 Å².